The van der Waals surface area contributed by atoms with Gasteiger partial charge in [0.15, 0.2) is 23.2 Å². The van der Waals surface area contributed by atoms with E-state index in [-0.39, 0.29) is 0 Å². The van der Waals surface area contributed by atoms with Crippen LogP contribution in [-0.4, -0.2) is 144 Å². The molecule has 246 valence electrons. The minimum Gasteiger partial charge on any atom is -0.387 e. The number of phosphoric acid groups is 1. The quantitative estimate of drug-likeness (QED) is 0.0583. The summed E-state index contributed by atoms with van der Waals surface area (Å²) < 4.78 is 49.7. The Bertz CT molecular complexity index is 1090. The Morgan fingerprint density at radius 2 is 1.44 bits per heavy atom. The number of nitrogens with one attached hydrogen (secondary N) is 1. The highest BCUT2D eigenvalue weighted by Crippen LogP contribution is 2.38. The van der Waals surface area contributed by atoms with Gasteiger partial charge in [-0.25, -0.2) is 19.5 Å². The lowest BCUT2D eigenvalue weighted by molar-refractivity contribution is -0.0504. The standard InChI is InChI=1S/C24H43N6O12P/c25-3-1-5-36-7-9-38-11-13-40-14-12-39-10-8-37-6-2-4-26-22-19-23(28-16-27-22)30(17-29-19)24-21(32)20(31)18(42-24)15-41-43(33,34)35/h16-18,20-21,24,31-32H,1-15,25H2,(H,26,27,28)(H2,33,34,35). The van der Waals surface area contributed by atoms with Gasteiger partial charge in [0.05, 0.1) is 65.8 Å². The minimum atomic E-state index is -4.77. The molecule has 0 amide bonds. The Hall–Kier alpha value is -1.90. The van der Waals surface area contributed by atoms with E-state index in [0.29, 0.717) is 103 Å². The number of fused-ring (bicyclic) bond motifs is 1. The molecule has 0 aromatic carbocycles. The minimum absolute atomic E-state index is 0.332. The summed E-state index contributed by atoms with van der Waals surface area (Å²) in [6.07, 6.45) is -0.900. The van der Waals surface area contributed by atoms with E-state index in [1.807, 2.05) is 0 Å². The summed E-state index contributed by atoms with van der Waals surface area (Å²) in [4.78, 5) is 30.5. The molecule has 7 N–H and O–H groups in total. The van der Waals surface area contributed by atoms with Crippen molar-refractivity contribution in [3.8, 4) is 0 Å². The first kappa shape index (κ1) is 35.6. The van der Waals surface area contributed by atoms with Gasteiger partial charge in [0.25, 0.3) is 0 Å². The van der Waals surface area contributed by atoms with Gasteiger partial charge in [-0.3, -0.25) is 9.09 Å². The number of aliphatic hydroxyl groups excluding tert-OH is 2. The van der Waals surface area contributed by atoms with Crippen LogP contribution < -0.4 is 11.1 Å². The summed E-state index contributed by atoms with van der Waals surface area (Å²) in [5, 5.41) is 23.9. The Morgan fingerprint density at radius 3 is 2.02 bits per heavy atom. The van der Waals surface area contributed by atoms with Gasteiger partial charge >= 0.3 is 7.82 Å². The number of phosphoric ester groups is 1. The van der Waals surface area contributed by atoms with E-state index in [9.17, 15) is 14.8 Å². The zero-order valence-electron chi connectivity index (χ0n) is 23.9. The molecule has 1 aliphatic heterocycles. The van der Waals surface area contributed by atoms with Crippen molar-refractivity contribution in [1.82, 2.24) is 19.5 Å². The largest absolute Gasteiger partial charge is 0.469 e. The number of nitrogens with two attached hydrogens (primary N) is 1. The fourth-order valence-electron chi connectivity index (χ4n) is 3.98. The van der Waals surface area contributed by atoms with Gasteiger partial charge in [0.1, 0.15) is 24.6 Å². The second-order valence-corrected chi connectivity index (χ2v) is 10.6. The molecule has 19 heteroatoms. The van der Waals surface area contributed by atoms with E-state index in [1.54, 1.807) is 0 Å². The summed E-state index contributed by atoms with van der Waals surface area (Å²) in [5.41, 5.74) is 6.13. The molecule has 0 bridgehead atoms. The molecule has 0 saturated carbocycles. The SMILES string of the molecule is NCCCOCCOCCOCCOCCOCCCNc1ncnc2c1ncn2C1OC(COP(=O)(O)O)C(O)C1O. The molecule has 1 saturated heterocycles. The molecule has 0 radical (unpaired) electrons. The normalized spacial score (nSPS) is 20.8. The van der Waals surface area contributed by atoms with E-state index >= 15 is 0 Å². The molecule has 2 aromatic heterocycles. The van der Waals surface area contributed by atoms with Crippen LogP contribution in [-0.2, 0) is 37.5 Å². The van der Waals surface area contributed by atoms with Crippen molar-refractivity contribution >= 4 is 24.8 Å². The summed E-state index contributed by atoms with van der Waals surface area (Å²) in [7, 11) is -4.77. The Labute approximate surface area is 249 Å². The molecule has 2 aromatic rings. The van der Waals surface area contributed by atoms with Crippen molar-refractivity contribution < 1.29 is 57.5 Å². The zero-order chi connectivity index (χ0) is 30.9. The second-order valence-electron chi connectivity index (χ2n) is 9.36. The maximum absolute atomic E-state index is 11.0. The number of rotatable bonds is 24. The van der Waals surface area contributed by atoms with Crippen LogP contribution in [0.25, 0.3) is 11.2 Å². The fourth-order valence-corrected chi connectivity index (χ4v) is 4.32. The highest BCUT2D eigenvalue weighted by Gasteiger charge is 2.45. The molecule has 18 nitrogen and oxygen atoms in total. The fraction of sp³-hybridized carbons (Fsp3) is 0.792. The first-order valence-electron chi connectivity index (χ1n) is 14.0. The molecule has 1 fully saturated rings. The van der Waals surface area contributed by atoms with Gasteiger partial charge in [-0.1, -0.05) is 0 Å². The van der Waals surface area contributed by atoms with Crippen molar-refractivity contribution in [2.24, 2.45) is 5.73 Å². The van der Waals surface area contributed by atoms with Gasteiger partial charge in [-0.2, -0.15) is 0 Å². The smallest absolute Gasteiger partial charge is 0.387 e. The first-order chi connectivity index (χ1) is 20.8. The van der Waals surface area contributed by atoms with E-state index in [4.69, 9.17) is 43.9 Å². The second kappa shape index (κ2) is 19.5. The van der Waals surface area contributed by atoms with Gasteiger partial charge in [-0.15, -0.1) is 0 Å². The van der Waals surface area contributed by atoms with E-state index in [2.05, 4.69) is 24.8 Å². The van der Waals surface area contributed by atoms with Crippen LogP contribution in [0.2, 0.25) is 0 Å². The average molecular weight is 639 g/mol. The van der Waals surface area contributed by atoms with Crippen LogP contribution in [0.4, 0.5) is 5.82 Å². The molecule has 1 aliphatic rings. The van der Waals surface area contributed by atoms with Crippen LogP contribution >= 0.6 is 7.82 Å². The monoisotopic (exact) mass is 638 g/mol. The third kappa shape index (κ3) is 12.6. The Kier molecular flexibility index (Phi) is 16.1. The molecule has 4 atom stereocenters. The third-order valence-electron chi connectivity index (χ3n) is 6.12. The van der Waals surface area contributed by atoms with Crippen molar-refractivity contribution in [2.45, 2.75) is 37.4 Å². The van der Waals surface area contributed by atoms with E-state index in [0.717, 1.165) is 6.42 Å². The third-order valence-corrected chi connectivity index (χ3v) is 6.60. The van der Waals surface area contributed by atoms with Gasteiger partial charge < -0.3 is 59.5 Å². The zero-order valence-corrected chi connectivity index (χ0v) is 24.8. The maximum atomic E-state index is 11.0. The van der Waals surface area contributed by atoms with Crippen LogP contribution in [0.3, 0.4) is 0 Å². The van der Waals surface area contributed by atoms with Gasteiger partial charge in [0, 0.05) is 19.8 Å². The number of aliphatic hydroxyl groups is 2. The lowest BCUT2D eigenvalue weighted by Gasteiger charge is -2.16. The highest BCUT2D eigenvalue weighted by atomic mass is 31.2. The van der Waals surface area contributed by atoms with Crippen molar-refractivity contribution in [2.75, 3.05) is 91.1 Å². The topological polar surface area (TPSA) is 244 Å². The number of anilines is 1. The number of hydrogen-bond donors (Lipinski definition) is 6. The number of aromatic nitrogens is 4. The summed E-state index contributed by atoms with van der Waals surface area (Å²) >= 11 is 0. The molecule has 3 rings (SSSR count). The summed E-state index contributed by atoms with van der Waals surface area (Å²) in [5.74, 6) is 0.461. The molecule has 43 heavy (non-hydrogen) atoms. The number of ether oxygens (including phenoxy) is 6. The molecular formula is C24H43N6O12P. The molecule has 3 heterocycles. The van der Waals surface area contributed by atoms with Crippen molar-refractivity contribution in [3.05, 3.63) is 12.7 Å². The van der Waals surface area contributed by atoms with Crippen LogP contribution in [0.15, 0.2) is 12.7 Å². The van der Waals surface area contributed by atoms with Crippen molar-refractivity contribution in [1.29, 1.82) is 0 Å². The Balaban J connectivity index is 1.25. The predicted molar refractivity (Wildman–Crippen MR) is 150 cm³/mol. The highest BCUT2D eigenvalue weighted by molar-refractivity contribution is 7.46. The van der Waals surface area contributed by atoms with Crippen LogP contribution in [0, 0.1) is 0 Å². The first-order valence-corrected chi connectivity index (χ1v) is 15.6. The summed E-state index contributed by atoms with van der Waals surface area (Å²) in [6, 6.07) is 0. The van der Waals surface area contributed by atoms with Crippen molar-refractivity contribution in [3.63, 3.8) is 0 Å². The molecular weight excluding hydrogens is 595 g/mol. The van der Waals surface area contributed by atoms with Gasteiger partial charge in [-0.05, 0) is 19.4 Å². The van der Waals surface area contributed by atoms with Crippen LogP contribution in [0.5, 0.6) is 0 Å². The maximum Gasteiger partial charge on any atom is 0.469 e. The van der Waals surface area contributed by atoms with Gasteiger partial charge in [0.2, 0.25) is 0 Å². The lowest BCUT2D eigenvalue weighted by Crippen LogP contribution is -2.33. The molecule has 0 aliphatic carbocycles. The Morgan fingerprint density at radius 1 is 0.860 bits per heavy atom. The number of nitrogens with zero attached hydrogens (tertiary/aromatic N) is 4. The van der Waals surface area contributed by atoms with E-state index in [1.165, 1.54) is 17.2 Å². The average Bonchev–Trinajstić information content (AvgIpc) is 3.53. The molecule has 4 unspecified atom stereocenters. The summed E-state index contributed by atoms with van der Waals surface area (Å²) in [6.45, 7) is 5.62. The van der Waals surface area contributed by atoms with E-state index < -0.39 is 39.0 Å². The number of imidazole rings is 1. The van der Waals surface area contributed by atoms with Crippen LogP contribution in [0.1, 0.15) is 19.1 Å². The lowest BCUT2D eigenvalue weighted by atomic mass is 10.1. The molecule has 0 spiro atoms. The predicted octanol–water partition coefficient (Wildman–Crippen LogP) is -1.21. The number of hydrogen-bond acceptors (Lipinski definition) is 15.